The first-order valence-electron chi connectivity index (χ1n) is 28.1. The second kappa shape index (κ2) is 26.3. The van der Waals surface area contributed by atoms with Crippen molar-refractivity contribution in [2.45, 2.75) is 35.5 Å². The molecular weight excluding hydrogens is 1210 g/mol. The number of sulfone groups is 1. The van der Waals surface area contributed by atoms with Crippen molar-refractivity contribution in [1.82, 2.24) is 29.7 Å². The van der Waals surface area contributed by atoms with Gasteiger partial charge in [-0.25, -0.2) is 32.2 Å². The van der Waals surface area contributed by atoms with E-state index in [0.29, 0.717) is 103 Å². The number of hydrogen-bond acceptors (Lipinski definition) is 16. The van der Waals surface area contributed by atoms with Gasteiger partial charge in [-0.15, -0.1) is 0 Å². The highest BCUT2D eigenvalue weighted by atomic mass is 32.2. The molecular formula is C62H65F2N9O7S6. The molecule has 3 aromatic heterocycles. The van der Waals surface area contributed by atoms with Gasteiger partial charge in [-0.2, -0.15) is 0 Å². The molecule has 3 aliphatic rings. The molecule has 3 amide bonds. The lowest BCUT2D eigenvalue weighted by Crippen LogP contribution is -2.49. The number of thiazole rings is 3. The fraction of sp³-hybridized carbons (Fsp3) is 0.290. The minimum Gasteiger partial charge on any atom is -0.345 e. The summed E-state index contributed by atoms with van der Waals surface area (Å²) < 4.78 is 80.4. The lowest BCUT2D eigenvalue weighted by atomic mass is 10.2. The van der Waals surface area contributed by atoms with Crippen molar-refractivity contribution in [3.05, 3.63) is 162 Å². The van der Waals surface area contributed by atoms with Gasteiger partial charge in [0.2, 0.25) is 0 Å². The maximum absolute atomic E-state index is 13.9. The van der Waals surface area contributed by atoms with Crippen molar-refractivity contribution in [2.24, 2.45) is 0 Å². The molecule has 12 rings (SSSR count). The second-order valence-corrected chi connectivity index (χ2v) is 31.1. The zero-order valence-electron chi connectivity index (χ0n) is 47.8. The van der Waals surface area contributed by atoms with Gasteiger partial charge in [0.15, 0.2) is 25.2 Å². The largest absolute Gasteiger partial charge is 0.345 e. The van der Waals surface area contributed by atoms with Crippen LogP contribution in [0.15, 0.2) is 148 Å². The second-order valence-electron chi connectivity index (χ2n) is 20.6. The van der Waals surface area contributed by atoms with E-state index in [0.717, 1.165) is 48.9 Å². The quantitative estimate of drug-likeness (QED) is 0.106. The smallest absolute Gasteiger partial charge is 0.255 e. The topological polar surface area (TPSA) is 178 Å². The van der Waals surface area contributed by atoms with Crippen LogP contribution in [0.25, 0.3) is 30.6 Å². The van der Waals surface area contributed by atoms with Crippen LogP contribution >= 0.6 is 34.0 Å². The molecule has 2 atom stereocenters. The first kappa shape index (κ1) is 61.7. The van der Waals surface area contributed by atoms with E-state index in [9.17, 15) is 40.0 Å². The van der Waals surface area contributed by atoms with Crippen LogP contribution < -0.4 is 14.7 Å². The molecule has 24 heteroatoms. The minimum atomic E-state index is -3.49. The summed E-state index contributed by atoms with van der Waals surface area (Å²) in [6.07, 6.45) is 0. The molecule has 0 saturated carbocycles. The van der Waals surface area contributed by atoms with Gasteiger partial charge in [-0.05, 0) is 110 Å². The Bertz CT molecular complexity index is 4290. The van der Waals surface area contributed by atoms with Crippen molar-refractivity contribution in [3.8, 4) is 0 Å². The van der Waals surface area contributed by atoms with E-state index in [4.69, 9.17) is 4.98 Å². The lowest BCUT2D eigenvalue weighted by Gasteiger charge is -2.35. The van der Waals surface area contributed by atoms with Gasteiger partial charge < -0.3 is 29.4 Å². The van der Waals surface area contributed by atoms with E-state index < -0.39 is 28.9 Å². The third-order valence-electron chi connectivity index (χ3n) is 15.3. The molecule has 450 valence electrons. The molecule has 6 heterocycles. The highest BCUT2D eigenvalue weighted by Gasteiger charge is 2.31. The number of fused-ring (bicyclic) bond motifs is 3. The Morgan fingerprint density at radius 2 is 0.826 bits per heavy atom. The summed E-state index contributed by atoms with van der Waals surface area (Å²) in [6.45, 7) is 12.3. The van der Waals surface area contributed by atoms with Gasteiger partial charge in [0.1, 0.15) is 17.2 Å². The fourth-order valence-electron chi connectivity index (χ4n) is 10.2. The molecule has 9 aromatic rings. The third kappa shape index (κ3) is 13.4. The molecule has 0 spiro atoms. The monoisotopic (exact) mass is 1280 g/mol. The number of hydrogen-bond donors (Lipinski definition) is 0. The standard InChI is InChI=1S/C21H22FN3O2S2.C21H23N3O2S2.C20H20FN3O3S2/c1-3-29(2,27)19-7-5-4-6-16(19)20(26)24-10-12-25(13-11-24)21-23-17-9-8-15(22)14-18(17)28-21;1-3-28(2,26)19-11-7-4-8-16(19)20(25)23-12-14-24(15-13-23)21-22-17-9-5-6-10-18(17)27-21;1-2-29(26,27)17-9-4-3-6-14(17)19(25)23-10-12-24(13-11-23)20-22-18-15(21)7-5-8-16(18)28-20/h4-9,14H,2-3,10-13H2,1H3;4-11H,2-3,12-15H2,1H3;3-9H,2,10-13H2,1H3. The van der Waals surface area contributed by atoms with Crippen LogP contribution in [0.2, 0.25) is 0 Å². The highest BCUT2D eigenvalue weighted by Crippen LogP contribution is 2.34. The zero-order valence-corrected chi connectivity index (χ0v) is 52.7. The SMILES string of the molecule is C=S(=O)(CC)c1ccccc1C(=O)N1CCN(c2nc3ccc(F)cc3s2)CC1.C=S(=O)(CC)c1ccccc1C(=O)N1CCN(c2nc3ccccc3s2)CC1.CCS(=O)(=O)c1ccccc1C(=O)N1CCN(c2nc3c(F)cccc3s2)CC1. The summed E-state index contributed by atoms with van der Waals surface area (Å²) in [7, 11) is -8.42. The number of para-hydroxylation sites is 2. The molecule has 0 aliphatic carbocycles. The average Bonchev–Trinajstić information content (AvgIpc) is 4.45. The number of nitrogens with zero attached hydrogens (tertiary/aromatic N) is 9. The summed E-state index contributed by atoms with van der Waals surface area (Å²) in [5.74, 6) is 7.38. The predicted octanol–water partition coefficient (Wildman–Crippen LogP) is 10.0. The first-order chi connectivity index (χ1) is 41.3. The van der Waals surface area contributed by atoms with Crippen LogP contribution in [0.1, 0.15) is 51.8 Å². The molecule has 2 unspecified atom stereocenters. The van der Waals surface area contributed by atoms with Crippen LogP contribution in [0.4, 0.5) is 24.2 Å². The zero-order chi connectivity index (χ0) is 60.9. The van der Waals surface area contributed by atoms with Crippen LogP contribution in [0.5, 0.6) is 0 Å². The van der Waals surface area contributed by atoms with Crippen molar-refractivity contribution in [3.63, 3.8) is 0 Å². The number of carbonyl (C=O) groups excluding carboxylic acids is 3. The van der Waals surface area contributed by atoms with Crippen LogP contribution in [0, 0.1) is 11.6 Å². The summed E-state index contributed by atoms with van der Waals surface area (Å²) in [5, 5.41) is 2.57. The molecule has 0 bridgehead atoms. The fourth-order valence-corrected chi connectivity index (χ4v) is 16.8. The minimum absolute atomic E-state index is 0.0563. The molecule has 0 radical (unpaired) electrons. The van der Waals surface area contributed by atoms with Gasteiger partial charge >= 0.3 is 0 Å². The molecule has 3 saturated heterocycles. The highest BCUT2D eigenvalue weighted by molar-refractivity contribution is 8.00. The summed E-state index contributed by atoms with van der Waals surface area (Å²) in [6, 6.07) is 38.2. The molecule has 16 nitrogen and oxygen atoms in total. The number of carbonyl (C=O) groups is 3. The number of amides is 3. The Morgan fingerprint density at radius 3 is 1.28 bits per heavy atom. The van der Waals surface area contributed by atoms with E-state index in [1.54, 1.807) is 94.8 Å². The van der Waals surface area contributed by atoms with Crippen LogP contribution in [-0.4, -0.2) is 172 Å². The van der Waals surface area contributed by atoms with Gasteiger partial charge in [0, 0.05) is 99.8 Å². The Labute approximate surface area is 512 Å². The summed E-state index contributed by atoms with van der Waals surface area (Å²) in [5.41, 5.74) is 3.36. The van der Waals surface area contributed by atoms with Crippen molar-refractivity contribution < 1.29 is 40.0 Å². The molecule has 3 fully saturated rings. The number of rotatable bonds is 12. The van der Waals surface area contributed by atoms with E-state index in [-0.39, 0.29) is 45.6 Å². The van der Waals surface area contributed by atoms with Crippen molar-refractivity contribution in [1.29, 1.82) is 0 Å². The molecule has 0 N–H and O–H groups in total. The normalized spacial score (nSPS) is 16.2. The number of benzene rings is 6. The van der Waals surface area contributed by atoms with Crippen LogP contribution in [0.3, 0.4) is 0 Å². The molecule has 6 aromatic carbocycles. The van der Waals surface area contributed by atoms with E-state index in [2.05, 4.69) is 37.6 Å². The van der Waals surface area contributed by atoms with Crippen LogP contribution in [-0.2, 0) is 28.9 Å². The Balaban J connectivity index is 0.000000143. The van der Waals surface area contributed by atoms with E-state index >= 15 is 0 Å². The van der Waals surface area contributed by atoms with E-state index in [1.165, 1.54) is 51.6 Å². The average molecular weight is 1280 g/mol. The number of anilines is 3. The maximum atomic E-state index is 13.9. The number of piperazine rings is 3. The predicted molar refractivity (Wildman–Crippen MR) is 348 cm³/mol. The summed E-state index contributed by atoms with van der Waals surface area (Å²) >= 11 is 4.57. The third-order valence-corrected chi connectivity index (χ3v) is 24.5. The Hall–Kier alpha value is -7.35. The molecule has 86 heavy (non-hydrogen) atoms. The van der Waals surface area contributed by atoms with Crippen molar-refractivity contribution in [2.75, 3.05) is 110 Å². The lowest BCUT2D eigenvalue weighted by molar-refractivity contribution is 0.0735. The summed E-state index contributed by atoms with van der Waals surface area (Å²) in [4.78, 5) is 65.8. The van der Waals surface area contributed by atoms with Gasteiger partial charge in [0.05, 0.1) is 52.5 Å². The van der Waals surface area contributed by atoms with Crippen molar-refractivity contribution >= 4 is 138 Å². The van der Waals surface area contributed by atoms with Gasteiger partial charge in [-0.3, -0.25) is 22.8 Å². The number of halogens is 2. The van der Waals surface area contributed by atoms with Gasteiger partial charge in [0.25, 0.3) is 17.7 Å². The Morgan fingerprint density at radius 1 is 0.442 bits per heavy atom. The first-order valence-corrected chi connectivity index (χ1v) is 36.0. The van der Waals surface area contributed by atoms with E-state index in [1.807, 2.05) is 60.0 Å². The number of aromatic nitrogens is 3. The van der Waals surface area contributed by atoms with Gasteiger partial charge in [-0.1, -0.05) is 109 Å². The molecule has 3 aliphatic heterocycles. The maximum Gasteiger partial charge on any atom is 0.255 e. The Kier molecular flexibility index (Phi) is 18.9.